The van der Waals surface area contributed by atoms with E-state index < -0.39 is 0 Å². The predicted octanol–water partition coefficient (Wildman–Crippen LogP) is 2.81. The monoisotopic (exact) mass is 267 g/mol. The topological polar surface area (TPSA) is 58.7 Å². The van der Waals surface area contributed by atoms with E-state index in [1.165, 1.54) is 10.2 Å². The molecular weight excluding hydrogens is 250 g/mol. The third-order valence-electron chi connectivity index (χ3n) is 3.19. The zero-order chi connectivity index (χ0) is 14.7. The minimum Gasteiger partial charge on any atom is -0.266 e. The summed E-state index contributed by atoms with van der Waals surface area (Å²) in [6, 6.07) is 9.59. The van der Waals surface area contributed by atoms with Crippen LogP contribution < -0.4 is 5.56 Å². The highest BCUT2D eigenvalue weighted by Crippen LogP contribution is 2.22. The molecule has 0 aliphatic rings. The van der Waals surface area contributed by atoms with Crippen LogP contribution >= 0.6 is 0 Å². The van der Waals surface area contributed by atoms with Crippen LogP contribution in [0.3, 0.4) is 0 Å². The summed E-state index contributed by atoms with van der Waals surface area (Å²) in [4.78, 5) is 12.0. The van der Waals surface area contributed by atoms with Gasteiger partial charge in [-0.15, -0.1) is 0 Å². The lowest BCUT2D eigenvalue weighted by Gasteiger charge is -2.10. The molecule has 20 heavy (non-hydrogen) atoms. The lowest BCUT2D eigenvalue weighted by molar-refractivity contribution is 0.569. The van der Waals surface area contributed by atoms with Gasteiger partial charge in [0.1, 0.15) is 11.6 Å². The Balaban J connectivity index is 2.65. The molecule has 0 radical (unpaired) electrons. The minimum atomic E-state index is -0.317. The van der Waals surface area contributed by atoms with E-state index in [0.29, 0.717) is 12.2 Å². The third kappa shape index (κ3) is 2.62. The summed E-state index contributed by atoms with van der Waals surface area (Å²) in [6.45, 7) is 6.53. The molecule has 1 aromatic heterocycles. The van der Waals surface area contributed by atoms with Gasteiger partial charge >= 0.3 is 0 Å². The van der Waals surface area contributed by atoms with Gasteiger partial charge in [-0.2, -0.15) is 10.4 Å². The second-order valence-electron chi connectivity index (χ2n) is 4.90. The zero-order valence-electron chi connectivity index (χ0n) is 12.0. The smallest absolute Gasteiger partial charge is 0.266 e. The SMILES string of the molecule is CCCn1nc(-c2ccc(C)cc2C)cc(C#N)c1=O. The number of rotatable bonds is 3. The van der Waals surface area contributed by atoms with Gasteiger partial charge in [0.25, 0.3) is 5.56 Å². The number of aryl methyl sites for hydroxylation is 3. The summed E-state index contributed by atoms with van der Waals surface area (Å²) in [5, 5.41) is 13.5. The Kier molecular flexibility index (Phi) is 3.99. The Bertz CT molecular complexity index is 738. The molecule has 0 N–H and O–H groups in total. The van der Waals surface area contributed by atoms with Crippen molar-refractivity contribution in [2.24, 2.45) is 0 Å². The Morgan fingerprint density at radius 3 is 2.65 bits per heavy atom. The molecule has 0 atom stereocenters. The van der Waals surface area contributed by atoms with Crippen molar-refractivity contribution in [1.82, 2.24) is 9.78 Å². The lowest BCUT2D eigenvalue weighted by Crippen LogP contribution is -2.25. The van der Waals surface area contributed by atoms with Gasteiger partial charge in [-0.1, -0.05) is 30.7 Å². The Morgan fingerprint density at radius 2 is 2.05 bits per heavy atom. The summed E-state index contributed by atoms with van der Waals surface area (Å²) < 4.78 is 1.38. The fourth-order valence-corrected chi connectivity index (χ4v) is 2.22. The molecule has 0 amide bonds. The van der Waals surface area contributed by atoms with Crippen molar-refractivity contribution in [1.29, 1.82) is 5.26 Å². The maximum absolute atomic E-state index is 12.0. The summed E-state index contributed by atoms with van der Waals surface area (Å²) >= 11 is 0. The van der Waals surface area contributed by atoms with Crippen LogP contribution in [0.15, 0.2) is 29.1 Å². The van der Waals surface area contributed by atoms with Crippen molar-refractivity contribution in [3.05, 3.63) is 51.3 Å². The molecule has 2 rings (SSSR count). The maximum Gasteiger partial charge on any atom is 0.284 e. The predicted molar refractivity (Wildman–Crippen MR) is 78.4 cm³/mol. The van der Waals surface area contributed by atoms with Gasteiger partial charge in [0.05, 0.1) is 5.69 Å². The van der Waals surface area contributed by atoms with Crippen molar-refractivity contribution in [3.63, 3.8) is 0 Å². The van der Waals surface area contributed by atoms with Crippen molar-refractivity contribution in [3.8, 4) is 17.3 Å². The van der Waals surface area contributed by atoms with Gasteiger partial charge in [0.2, 0.25) is 0 Å². The van der Waals surface area contributed by atoms with Gasteiger partial charge in [0, 0.05) is 12.1 Å². The fraction of sp³-hybridized carbons (Fsp3) is 0.312. The van der Waals surface area contributed by atoms with Crippen LogP contribution in [0.4, 0.5) is 0 Å². The van der Waals surface area contributed by atoms with Crippen LogP contribution in [-0.2, 0) is 6.54 Å². The quantitative estimate of drug-likeness (QED) is 0.859. The van der Waals surface area contributed by atoms with Crippen LogP contribution in [0.5, 0.6) is 0 Å². The largest absolute Gasteiger partial charge is 0.284 e. The highest BCUT2D eigenvalue weighted by atomic mass is 16.1. The Morgan fingerprint density at radius 1 is 1.30 bits per heavy atom. The van der Waals surface area contributed by atoms with E-state index in [0.717, 1.165) is 17.5 Å². The number of nitrogens with zero attached hydrogens (tertiary/aromatic N) is 3. The first kappa shape index (κ1) is 14.0. The first-order chi connectivity index (χ1) is 9.56. The summed E-state index contributed by atoms with van der Waals surface area (Å²) in [5.41, 5.74) is 3.71. The van der Waals surface area contributed by atoms with Gasteiger partial charge < -0.3 is 0 Å². The second kappa shape index (κ2) is 5.70. The van der Waals surface area contributed by atoms with Gasteiger partial charge in [-0.05, 0) is 31.9 Å². The lowest BCUT2D eigenvalue weighted by atomic mass is 10.0. The standard InChI is InChI=1S/C16H17N3O/c1-4-7-19-16(20)13(10-17)9-15(18-19)14-6-5-11(2)8-12(14)3/h5-6,8-9H,4,7H2,1-3H3. The highest BCUT2D eigenvalue weighted by molar-refractivity contribution is 5.64. The Labute approximate surface area is 118 Å². The average molecular weight is 267 g/mol. The van der Waals surface area contributed by atoms with E-state index in [1.807, 2.05) is 39.0 Å². The number of nitriles is 1. The molecule has 0 spiro atoms. The van der Waals surface area contributed by atoms with E-state index in [1.54, 1.807) is 6.07 Å². The average Bonchev–Trinajstić information content (AvgIpc) is 2.41. The summed E-state index contributed by atoms with van der Waals surface area (Å²) in [7, 11) is 0. The molecule has 0 saturated carbocycles. The van der Waals surface area contributed by atoms with E-state index >= 15 is 0 Å². The normalized spacial score (nSPS) is 10.3. The molecule has 4 heteroatoms. The van der Waals surface area contributed by atoms with Crippen LogP contribution in [-0.4, -0.2) is 9.78 Å². The molecule has 2 aromatic rings. The molecule has 4 nitrogen and oxygen atoms in total. The molecule has 1 aromatic carbocycles. The molecule has 0 unspecified atom stereocenters. The maximum atomic E-state index is 12.0. The van der Waals surface area contributed by atoms with E-state index in [-0.39, 0.29) is 11.1 Å². The minimum absolute atomic E-state index is 0.142. The Hall–Kier alpha value is -2.41. The first-order valence-electron chi connectivity index (χ1n) is 6.66. The summed E-state index contributed by atoms with van der Waals surface area (Å²) in [5.74, 6) is 0. The van der Waals surface area contributed by atoms with Gasteiger partial charge in [-0.3, -0.25) is 4.79 Å². The molecule has 0 saturated heterocycles. The number of benzene rings is 1. The molecular formula is C16H17N3O. The van der Waals surface area contributed by atoms with E-state index in [4.69, 9.17) is 5.26 Å². The zero-order valence-corrected chi connectivity index (χ0v) is 12.0. The molecule has 1 heterocycles. The van der Waals surface area contributed by atoms with Crippen LogP contribution in [0.2, 0.25) is 0 Å². The van der Waals surface area contributed by atoms with Crippen molar-refractivity contribution in [2.45, 2.75) is 33.7 Å². The second-order valence-corrected chi connectivity index (χ2v) is 4.90. The summed E-state index contributed by atoms with van der Waals surface area (Å²) in [6.07, 6.45) is 0.800. The molecule has 102 valence electrons. The van der Waals surface area contributed by atoms with Gasteiger partial charge in [0.15, 0.2) is 0 Å². The molecule has 0 fully saturated rings. The van der Waals surface area contributed by atoms with Crippen LogP contribution in [0, 0.1) is 25.2 Å². The third-order valence-corrected chi connectivity index (χ3v) is 3.19. The highest BCUT2D eigenvalue weighted by Gasteiger charge is 2.11. The molecule has 0 aliphatic heterocycles. The number of aromatic nitrogens is 2. The number of hydrogen-bond donors (Lipinski definition) is 0. The van der Waals surface area contributed by atoms with Crippen molar-refractivity contribution in [2.75, 3.05) is 0 Å². The van der Waals surface area contributed by atoms with Crippen molar-refractivity contribution < 1.29 is 0 Å². The fourth-order valence-electron chi connectivity index (χ4n) is 2.22. The van der Waals surface area contributed by atoms with Gasteiger partial charge in [-0.25, -0.2) is 4.68 Å². The van der Waals surface area contributed by atoms with Crippen LogP contribution in [0.25, 0.3) is 11.3 Å². The van der Waals surface area contributed by atoms with E-state index in [2.05, 4.69) is 11.2 Å². The van der Waals surface area contributed by atoms with E-state index in [9.17, 15) is 4.79 Å². The van der Waals surface area contributed by atoms with Crippen molar-refractivity contribution >= 4 is 0 Å². The molecule has 0 bridgehead atoms. The first-order valence-corrected chi connectivity index (χ1v) is 6.66. The number of hydrogen-bond acceptors (Lipinski definition) is 3. The van der Waals surface area contributed by atoms with Crippen LogP contribution in [0.1, 0.15) is 30.0 Å². The molecule has 0 aliphatic carbocycles.